The number of carbonyl (C=O) groups is 1. The van der Waals surface area contributed by atoms with E-state index in [0.717, 1.165) is 37.6 Å². The third kappa shape index (κ3) is 6.06. The van der Waals surface area contributed by atoms with Crippen LogP contribution in [-0.2, 0) is 18.0 Å². The molecule has 0 bridgehead atoms. The van der Waals surface area contributed by atoms with E-state index in [1.165, 1.54) is 6.07 Å². The summed E-state index contributed by atoms with van der Waals surface area (Å²) >= 11 is 6.20. The minimum absolute atomic E-state index is 0.211. The maximum Gasteiger partial charge on any atom is 0.416 e. The largest absolute Gasteiger partial charge is 0.416 e. The van der Waals surface area contributed by atoms with E-state index in [2.05, 4.69) is 22.3 Å². The second-order valence-corrected chi connectivity index (χ2v) is 9.46. The van der Waals surface area contributed by atoms with Gasteiger partial charge >= 0.3 is 6.18 Å². The molecule has 0 saturated carbocycles. The first-order valence-corrected chi connectivity index (χ1v) is 12.1. The average molecular weight is 501 g/mol. The Labute approximate surface area is 208 Å². The molecule has 0 unspecified atom stereocenters. The third-order valence-corrected chi connectivity index (χ3v) is 7.25. The Morgan fingerprint density at radius 1 is 0.914 bits per heavy atom. The number of alkyl halides is 3. The summed E-state index contributed by atoms with van der Waals surface area (Å²) in [6.45, 7) is 2.51. The number of nitrogens with one attached hydrogen (secondary N) is 1. The average Bonchev–Trinajstić information content (AvgIpc) is 2.87. The van der Waals surface area contributed by atoms with Crippen molar-refractivity contribution in [2.45, 2.75) is 30.9 Å². The fourth-order valence-electron chi connectivity index (χ4n) is 4.85. The number of amides is 1. The van der Waals surface area contributed by atoms with Crippen molar-refractivity contribution in [1.29, 1.82) is 0 Å². The van der Waals surface area contributed by atoms with Gasteiger partial charge in [-0.15, -0.1) is 0 Å². The van der Waals surface area contributed by atoms with Crippen LogP contribution in [0, 0.1) is 0 Å². The van der Waals surface area contributed by atoms with Gasteiger partial charge in [0.05, 0.1) is 16.1 Å². The fraction of sp³-hybridized carbons (Fsp3) is 0.321. The summed E-state index contributed by atoms with van der Waals surface area (Å²) < 4.78 is 40.0. The Balaban J connectivity index is 1.43. The van der Waals surface area contributed by atoms with Crippen LogP contribution in [0.5, 0.6) is 0 Å². The monoisotopic (exact) mass is 500 g/mol. The second kappa shape index (κ2) is 10.8. The van der Waals surface area contributed by atoms with Gasteiger partial charge in [0, 0.05) is 18.5 Å². The van der Waals surface area contributed by atoms with Crippen molar-refractivity contribution < 1.29 is 18.0 Å². The molecular formula is C28H28ClF3N2O. The minimum atomic E-state index is -4.35. The number of halogens is 4. The molecule has 1 saturated heterocycles. The lowest BCUT2D eigenvalue weighted by Gasteiger charge is -2.42. The van der Waals surface area contributed by atoms with Crippen molar-refractivity contribution in [3.63, 3.8) is 0 Å². The predicted molar refractivity (Wildman–Crippen MR) is 133 cm³/mol. The van der Waals surface area contributed by atoms with Crippen molar-refractivity contribution >= 4 is 17.5 Å². The van der Waals surface area contributed by atoms with Crippen LogP contribution < -0.4 is 5.32 Å². The van der Waals surface area contributed by atoms with Crippen LogP contribution in [0.4, 0.5) is 13.2 Å². The molecule has 3 aromatic rings. The quantitative estimate of drug-likeness (QED) is 0.409. The first-order valence-electron chi connectivity index (χ1n) is 11.7. The van der Waals surface area contributed by atoms with Crippen LogP contribution in [0.1, 0.15) is 39.9 Å². The molecule has 7 heteroatoms. The topological polar surface area (TPSA) is 32.3 Å². The van der Waals surface area contributed by atoms with Gasteiger partial charge in [-0.25, -0.2) is 0 Å². The number of likely N-dealkylation sites (tertiary alicyclic amines) is 1. The van der Waals surface area contributed by atoms with E-state index in [9.17, 15) is 18.0 Å². The zero-order chi connectivity index (χ0) is 24.9. The van der Waals surface area contributed by atoms with E-state index in [1.807, 2.05) is 18.2 Å². The highest BCUT2D eigenvalue weighted by molar-refractivity contribution is 6.33. The predicted octanol–water partition coefficient (Wildman–Crippen LogP) is 6.37. The molecule has 1 aliphatic heterocycles. The van der Waals surface area contributed by atoms with Crippen LogP contribution in [0.25, 0.3) is 0 Å². The first-order chi connectivity index (χ1) is 16.8. The Kier molecular flexibility index (Phi) is 7.82. The van der Waals surface area contributed by atoms with Crippen molar-refractivity contribution in [2.24, 2.45) is 0 Å². The van der Waals surface area contributed by atoms with Gasteiger partial charge in [-0.05, 0) is 61.7 Å². The van der Waals surface area contributed by atoms with Gasteiger partial charge in [0.25, 0.3) is 5.91 Å². The lowest BCUT2D eigenvalue weighted by atomic mass is 9.72. The lowest BCUT2D eigenvalue weighted by Crippen LogP contribution is -2.49. The number of benzene rings is 3. The van der Waals surface area contributed by atoms with Crippen LogP contribution in [0.15, 0.2) is 78.9 Å². The molecular weight excluding hydrogens is 473 g/mol. The van der Waals surface area contributed by atoms with Crippen LogP contribution in [0.2, 0.25) is 5.02 Å². The number of hydrogen-bond acceptors (Lipinski definition) is 2. The highest BCUT2D eigenvalue weighted by Gasteiger charge is 2.37. The number of nitrogens with zero attached hydrogens (tertiary/aromatic N) is 1. The fourth-order valence-corrected chi connectivity index (χ4v) is 5.07. The van der Waals surface area contributed by atoms with Gasteiger partial charge in [-0.1, -0.05) is 72.3 Å². The zero-order valence-corrected chi connectivity index (χ0v) is 20.1. The molecule has 1 aliphatic rings. The standard InChI is InChI=1S/C28H28ClF3N2O/c29-25-13-7-5-11-23(25)26(35)33-20-27(22-9-2-1-3-10-22)15-18-34(19-16-27)17-14-21-8-4-6-12-24(21)28(30,31)32/h1-13H,14-20H2,(H,33,35). The van der Waals surface area contributed by atoms with Crippen molar-refractivity contribution in [2.75, 3.05) is 26.2 Å². The normalized spacial score (nSPS) is 16.1. The summed E-state index contributed by atoms with van der Waals surface area (Å²) in [6, 6.07) is 22.9. The minimum Gasteiger partial charge on any atom is -0.351 e. The van der Waals surface area contributed by atoms with Gasteiger partial charge in [-0.2, -0.15) is 13.2 Å². The molecule has 0 aliphatic carbocycles. The van der Waals surface area contributed by atoms with E-state index in [4.69, 9.17) is 11.6 Å². The zero-order valence-electron chi connectivity index (χ0n) is 19.3. The Morgan fingerprint density at radius 3 is 2.23 bits per heavy atom. The molecule has 1 heterocycles. The molecule has 3 aromatic carbocycles. The smallest absolute Gasteiger partial charge is 0.351 e. The number of carbonyl (C=O) groups excluding carboxylic acids is 1. The van der Waals surface area contributed by atoms with E-state index in [0.29, 0.717) is 35.7 Å². The van der Waals surface area contributed by atoms with Crippen molar-refractivity contribution in [1.82, 2.24) is 10.2 Å². The number of rotatable bonds is 7. The van der Waals surface area contributed by atoms with E-state index in [-0.39, 0.29) is 11.3 Å². The summed E-state index contributed by atoms with van der Waals surface area (Å²) in [7, 11) is 0. The maximum atomic E-state index is 13.3. The highest BCUT2D eigenvalue weighted by atomic mass is 35.5. The molecule has 0 atom stereocenters. The molecule has 3 nitrogen and oxygen atoms in total. The van der Waals surface area contributed by atoms with Crippen LogP contribution in [0.3, 0.4) is 0 Å². The first kappa shape index (κ1) is 25.3. The van der Waals surface area contributed by atoms with Gasteiger partial charge in [-0.3, -0.25) is 4.79 Å². The second-order valence-electron chi connectivity index (χ2n) is 9.06. The molecule has 4 rings (SSSR count). The summed E-state index contributed by atoms with van der Waals surface area (Å²) in [5.74, 6) is -0.211. The summed E-state index contributed by atoms with van der Waals surface area (Å²) in [5.41, 5.74) is 1.11. The van der Waals surface area contributed by atoms with Gasteiger partial charge < -0.3 is 10.2 Å². The van der Waals surface area contributed by atoms with Crippen LogP contribution >= 0.6 is 11.6 Å². The number of piperidine rings is 1. The molecule has 0 radical (unpaired) electrons. The molecule has 1 amide bonds. The Bertz CT molecular complexity index is 1140. The van der Waals surface area contributed by atoms with E-state index >= 15 is 0 Å². The molecule has 184 valence electrons. The SMILES string of the molecule is O=C(NCC1(c2ccccc2)CCN(CCc2ccccc2C(F)(F)F)CC1)c1ccccc1Cl. The van der Waals surface area contributed by atoms with E-state index < -0.39 is 11.7 Å². The third-order valence-electron chi connectivity index (χ3n) is 6.93. The number of hydrogen-bond donors (Lipinski definition) is 1. The molecule has 1 fully saturated rings. The Morgan fingerprint density at radius 2 is 1.54 bits per heavy atom. The summed E-state index contributed by atoms with van der Waals surface area (Å²) in [4.78, 5) is 15.0. The Hall–Kier alpha value is -2.83. The molecule has 35 heavy (non-hydrogen) atoms. The van der Waals surface area contributed by atoms with Gasteiger partial charge in [0.2, 0.25) is 0 Å². The van der Waals surface area contributed by atoms with Crippen molar-refractivity contribution in [3.05, 3.63) is 106 Å². The summed E-state index contributed by atoms with van der Waals surface area (Å²) in [6.07, 6.45) is -2.42. The highest BCUT2D eigenvalue weighted by Crippen LogP contribution is 2.36. The molecule has 0 aromatic heterocycles. The summed E-state index contributed by atoms with van der Waals surface area (Å²) in [5, 5.41) is 3.49. The van der Waals surface area contributed by atoms with Crippen molar-refractivity contribution in [3.8, 4) is 0 Å². The van der Waals surface area contributed by atoms with Gasteiger partial charge in [0.1, 0.15) is 0 Å². The van der Waals surface area contributed by atoms with E-state index in [1.54, 1.807) is 36.4 Å². The maximum absolute atomic E-state index is 13.3. The molecule has 0 spiro atoms. The van der Waals surface area contributed by atoms with Gasteiger partial charge in [0.15, 0.2) is 0 Å². The molecule has 1 N–H and O–H groups in total. The van der Waals surface area contributed by atoms with Crippen LogP contribution in [-0.4, -0.2) is 37.0 Å². The lowest BCUT2D eigenvalue weighted by molar-refractivity contribution is -0.138.